The van der Waals surface area contributed by atoms with Crippen LogP contribution in [0.1, 0.15) is 110 Å². The number of piperidine rings is 1. The van der Waals surface area contributed by atoms with Crippen LogP contribution < -0.4 is 19.7 Å². The summed E-state index contributed by atoms with van der Waals surface area (Å²) in [6.07, 6.45) is 7.69. The van der Waals surface area contributed by atoms with Gasteiger partial charge in [0.2, 0.25) is 5.82 Å². The molecule has 1 spiro atoms. The molecular formula is C49H55F3N8O7S. The minimum atomic E-state index is -5.43. The van der Waals surface area contributed by atoms with Crippen LogP contribution >= 0.6 is 0 Å². The Morgan fingerprint density at radius 3 is 2.47 bits per heavy atom. The zero-order valence-electron chi connectivity index (χ0n) is 37.8. The number of pyridine rings is 2. The number of sulfonamides is 1. The van der Waals surface area contributed by atoms with E-state index in [-0.39, 0.29) is 41.0 Å². The normalized spacial score (nSPS) is 22.5. The highest BCUT2D eigenvalue weighted by Crippen LogP contribution is 2.54. The first-order valence-electron chi connectivity index (χ1n) is 23.6. The van der Waals surface area contributed by atoms with Crippen molar-refractivity contribution < 1.29 is 40.8 Å². The summed E-state index contributed by atoms with van der Waals surface area (Å²) in [7, 11) is -5.43. The number of H-pyrrole nitrogens is 1. The van der Waals surface area contributed by atoms with Gasteiger partial charge in [-0.1, -0.05) is 44.0 Å². The van der Waals surface area contributed by atoms with Crippen molar-refractivity contribution in [1.29, 1.82) is 0 Å². The number of halogens is 3. The van der Waals surface area contributed by atoms with Crippen molar-refractivity contribution in [2.24, 2.45) is 17.3 Å². The van der Waals surface area contributed by atoms with E-state index in [1.54, 1.807) is 35.2 Å². The number of rotatable bonds is 13. The molecule has 5 aliphatic rings. The van der Waals surface area contributed by atoms with Gasteiger partial charge in [-0.3, -0.25) is 19.8 Å². The van der Waals surface area contributed by atoms with Gasteiger partial charge in [0.25, 0.3) is 15.9 Å². The van der Waals surface area contributed by atoms with Crippen molar-refractivity contribution in [3.05, 3.63) is 106 Å². The number of carbonyl (C=O) groups excluding carboxylic acids is 1. The zero-order chi connectivity index (χ0) is 47.4. The standard InChI is InChI=1S/C49H55F3N8O7S/c1-30-6-8-31(9-7-30)27-54-46-40(60(62)63)24-43(44(56-46)49(50,51)52)68(64,65)57-47(61)39-13-12-34(23-42(39)67-36-22-33-14-17-53-45(33)55-28-36)58-18-15-48(16-19-58)25-35(26-48)59-20-21-66-29-41(59)38-5-3-2-4-37(38)32-10-11-32/h2-5,12-14,17,22-24,28,30-32,35,41H,6-11,15-16,18-21,25-27,29H2,1H3,(H,53,55)(H,54,56)(H,57,61)/t30-,31+,41-/m0/s1. The largest absolute Gasteiger partial charge is 0.455 e. The number of aromatic amines is 1. The molecule has 0 unspecified atom stereocenters. The monoisotopic (exact) mass is 956 g/mol. The van der Waals surface area contributed by atoms with Gasteiger partial charge in [0, 0.05) is 61.6 Å². The third-order valence-electron chi connectivity index (χ3n) is 15.0. The van der Waals surface area contributed by atoms with Gasteiger partial charge in [-0.15, -0.1) is 0 Å². The molecular weight excluding hydrogens is 902 g/mol. The second kappa shape index (κ2) is 18.3. The van der Waals surface area contributed by atoms with E-state index in [9.17, 15) is 36.5 Å². The molecule has 3 saturated carbocycles. The molecule has 0 radical (unpaired) electrons. The summed E-state index contributed by atoms with van der Waals surface area (Å²) in [6, 6.07) is 17.9. The van der Waals surface area contributed by atoms with Crippen LogP contribution in [-0.4, -0.2) is 84.5 Å². The Kier molecular flexibility index (Phi) is 12.3. The first kappa shape index (κ1) is 46.0. The van der Waals surface area contributed by atoms with Crippen LogP contribution in [0.3, 0.4) is 0 Å². The summed E-state index contributed by atoms with van der Waals surface area (Å²) in [4.78, 5) is 39.4. The number of nitrogens with one attached hydrogen (secondary N) is 3. The Bertz CT molecular complexity index is 2810. The molecule has 2 aliphatic heterocycles. The van der Waals surface area contributed by atoms with Gasteiger partial charge in [0.15, 0.2) is 5.69 Å². The molecule has 0 bridgehead atoms. The van der Waals surface area contributed by atoms with Crippen LogP contribution in [-0.2, 0) is 20.9 Å². The zero-order valence-corrected chi connectivity index (χ0v) is 38.6. The summed E-state index contributed by atoms with van der Waals surface area (Å²) in [5.41, 5.74) is 1.15. The maximum absolute atomic E-state index is 14.6. The van der Waals surface area contributed by atoms with E-state index in [1.165, 1.54) is 36.2 Å². The van der Waals surface area contributed by atoms with Crippen LogP contribution in [0.2, 0.25) is 0 Å². The van der Waals surface area contributed by atoms with Gasteiger partial charge in [-0.25, -0.2) is 23.1 Å². The molecule has 360 valence electrons. The van der Waals surface area contributed by atoms with Crippen molar-refractivity contribution in [3.8, 4) is 11.5 Å². The van der Waals surface area contributed by atoms with E-state index in [2.05, 4.69) is 61.3 Å². The van der Waals surface area contributed by atoms with E-state index in [0.29, 0.717) is 47.3 Å². The number of fused-ring (bicyclic) bond motifs is 1. The third-order valence-corrected chi connectivity index (χ3v) is 16.3. The number of carbonyl (C=O) groups is 1. The summed E-state index contributed by atoms with van der Waals surface area (Å²) in [5, 5.41) is 15.6. The molecule has 5 fully saturated rings. The van der Waals surface area contributed by atoms with Crippen LogP contribution in [0.5, 0.6) is 11.5 Å². The predicted molar refractivity (Wildman–Crippen MR) is 248 cm³/mol. The lowest BCUT2D eigenvalue weighted by atomic mass is 9.59. The molecule has 1 atom stereocenters. The van der Waals surface area contributed by atoms with Crippen molar-refractivity contribution >= 4 is 44.2 Å². The van der Waals surface area contributed by atoms with Crippen molar-refractivity contribution in [3.63, 3.8) is 0 Å². The molecule has 68 heavy (non-hydrogen) atoms. The second-order valence-electron chi connectivity index (χ2n) is 19.5. The number of nitrogens with zero attached hydrogens (tertiary/aromatic N) is 5. The Morgan fingerprint density at radius 1 is 1.00 bits per heavy atom. The Labute approximate surface area is 392 Å². The summed E-state index contributed by atoms with van der Waals surface area (Å²) in [5.74, 6) is -0.679. The average Bonchev–Trinajstić information content (AvgIpc) is 4.06. The first-order valence-corrected chi connectivity index (χ1v) is 25.1. The quantitative estimate of drug-likeness (QED) is 0.0751. The van der Waals surface area contributed by atoms with Gasteiger partial charge >= 0.3 is 11.9 Å². The van der Waals surface area contributed by atoms with Crippen molar-refractivity contribution in [2.75, 3.05) is 49.6 Å². The summed E-state index contributed by atoms with van der Waals surface area (Å²) >= 11 is 0. The van der Waals surface area contributed by atoms with Crippen LogP contribution in [0.4, 0.5) is 30.4 Å². The fourth-order valence-electron chi connectivity index (χ4n) is 11.0. The van der Waals surface area contributed by atoms with E-state index < -0.39 is 49.1 Å². The molecule has 3 aromatic heterocycles. The molecule has 3 N–H and O–H groups in total. The number of hydrogen-bond donors (Lipinski definition) is 3. The van der Waals surface area contributed by atoms with Gasteiger partial charge in [-0.2, -0.15) is 13.2 Å². The van der Waals surface area contributed by atoms with Crippen LogP contribution in [0.25, 0.3) is 11.0 Å². The van der Waals surface area contributed by atoms with Crippen molar-refractivity contribution in [1.82, 2.24) is 24.6 Å². The van der Waals surface area contributed by atoms with E-state index >= 15 is 0 Å². The molecule has 2 saturated heterocycles. The molecule has 5 heterocycles. The number of alkyl halides is 3. The maximum Gasteiger partial charge on any atom is 0.434 e. The third kappa shape index (κ3) is 9.48. The van der Waals surface area contributed by atoms with Gasteiger partial charge in [0.1, 0.15) is 22.0 Å². The lowest BCUT2D eigenvalue weighted by molar-refractivity contribution is -0.384. The highest BCUT2D eigenvalue weighted by Gasteiger charge is 2.50. The molecule has 10 rings (SSSR count). The van der Waals surface area contributed by atoms with Gasteiger partial charge < -0.3 is 24.7 Å². The average molecular weight is 957 g/mol. The topological polar surface area (TPSA) is 185 Å². The van der Waals surface area contributed by atoms with Gasteiger partial charge in [-0.05, 0) is 110 Å². The number of aromatic nitrogens is 3. The minimum absolute atomic E-state index is 0.0460. The molecule has 2 aromatic carbocycles. The molecule has 1 amide bonds. The van der Waals surface area contributed by atoms with Crippen LogP contribution in [0.15, 0.2) is 78.0 Å². The predicted octanol–water partition coefficient (Wildman–Crippen LogP) is 9.73. The highest BCUT2D eigenvalue weighted by atomic mass is 32.2. The van der Waals surface area contributed by atoms with Crippen molar-refractivity contribution in [2.45, 2.75) is 100 Å². The minimum Gasteiger partial charge on any atom is -0.455 e. The lowest BCUT2D eigenvalue weighted by Crippen LogP contribution is -2.58. The maximum atomic E-state index is 14.6. The number of morpholine rings is 1. The summed E-state index contributed by atoms with van der Waals surface area (Å²) in [6.45, 7) is 5.98. The first-order chi connectivity index (χ1) is 32.6. The number of hydrogen-bond acceptors (Lipinski definition) is 12. The molecule has 15 nitrogen and oxygen atoms in total. The fourth-order valence-corrected chi connectivity index (χ4v) is 12.1. The lowest BCUT2D eigenvalue weighted by Gasteiger charge is -2.57. The number of anilines is 2. The number of ether oxygens (including phenoxy) is 2. The second-order valence-corrected chi connectivity index (χ2v) is 21.2. The summed E-state index contributed by atoms with van der Waals surface area (Å²) < 4.78 is 85.6. The Balaban J connectivity index is 0.875. The molecule has 5 aromatic rings. The Morgan fingerprint density at radius 2 is 1.75 bits per heavy atom. The van der Waals surface area contributed by atoms with E-state index in [4.69, 9.17) is 9.47 Å². The number of amides is 1. The number of benzene rings is 2. The smallest absolute Gasteiger partial charge is 0.434 e. The van der Waals surface area contributed by atoms with E-state index in [0.717, 1.165) is 77.6 Å². The Hall–Kier alpha value is -5.79. The van der Waals surface area contributed by atoms with E-state index in [1.807, 2.05) is 0 Å². The van der Waals surface area contributed by atoms with Crippen LogP contribution in [0, 0.1) is 27.4 Å². The molecule has 19 heteroatoms. The highest BCUT2D eigenvalue weighted by molar-refractivity contribution is 7.90. The van der Waals surface area contributed by atoms with Gasteiger partial charge in [0.05, 0.1) is 35.9 Å². The SMILES string of the molecule is C[C@H]1CC[C@@H](CNc2nc(C(F)(F)F)c(S(=O)(=O)NC(=O)c3ccc(N4CCC5(CC4)CC(N4CCOC[C@H]4c4ccccc4C4CC4)C5)cc3Oc3cnc4[nH]ccc4c3)cc2[N+](=O)[O-])CC1. The fraction of sp³-hybridized carbons (Fsp3) is 0.490. The molecule has 3 aliphatic carbocycles. The number of nitro groups is 1.